The zero-order valence-electron chi connectivity index (χ0n) is 23.7. The maximum absolute atomic E-state index is 13.4. The summed E-state index contributed by atoms with van der Waals surface area (Å²) in [5.74, 6) is -1.54. The van der Waals surface area contributed by atoms with Gasteiger partial charge in [0, 0.05) is 11.1 Å². The van der Waals surface area contributed by atoms with E-state index in [-0.39, 0.29) is 27.9 Å². The molecule has 2 heterocycles. The number of rotatable bonds is 7. The molecule has 0 spiro atoms. The number of hydrogen-bond acceptors (Lipinski definition) is 8. The van der Waals surface area contributed by atoms with Crippen LogP contribution in [0.4, 0.5) is 36.8 Å². The number of thioether (sulfide) groups is 1. The van der Waals surface area contributed by atoms with Crippen LogP contribution in [0.15, 0.2) is 83.2 Å². The first-order valence-electron chi connectivity index (χ1n) is 13.2. The highest BCUT2D eigenvalue weighted by Crippen LogP contribution is 2.36. The van der Waals surface area contributed by atoms with Crippen LogP contribution >= 0.6 is 11.8 Å². The van der Waals surface area contributed by atoms with E-state index in [1.807, 2.05) is 0 Å². The molecule has 0 unspecified atom stereocenters. The van der Waals surface area contributed by atoms with E-state index < -0.39 is 35.8 Å². The number of hydrazone groups is 1. The Kier molecular flexibility index (Phi) is 9.14. The first kappa shape index (κ1) is 32.9. The van der Waals surface area contributed by atoms with E-state index in [0.29, 0.717) is 28.7 Å². The number of anilines is 1. The molecule has 1 aromatic heterocycles. The van der Waals surface area contributed by atoms with Gasteiger partial charge in [0.25, 0.3) is 0 Å². The van der Waals surface area contributed by atoms with E-state index in [4.69, 9.17) is 0 Å². The number of aliphatic imine (C=N–C) groups is 1. The maximum Gasteiger partial charge on any atom is 0.573 e. The Hall–Kier alpha value is -5.52. The van der Waals surface area contributed by atoms with Crippen LogP contribution < -0.4 is 15.1 Å². The number of Topliss-reactive ketones (excluding diaryl/α,β-unsaturated/α-hetero) is 1. The van der Waals surface area contributed by atoms with Gasteiger partial charge in [-0.15, -0.1) is 18.3 Å². The molecule has 1 aliphatic rings. The Morgan fingerprint density at radius 1 is 1.00 bits per heavy atom. The van der Waals surface area contributed by atoms with Crippen LogP contribution in [0.2, 0.25) is 0 Å². The number of ether oxygens (including phenoxy) is 1. The van der Waals surface area contributed by atoms with E-state index >= 15 is 0 Å². The summed E-state index contributed by atoms with van der Waals surface area (Å²) in [6.45, 7) is 1.14. The molecule has 3 aromatic carbocycles. The number of nitrogens with one attached hydrogen (secondary N) is 1. The number of alkyl halides is 6. The second-order valence-corrected chi connectivity index (χ2v) is 10.5. The molecule has 0 aliphatic carbocycles. The summed E-state index contributed by atoms with van der Waals surface area (Å²) in [4.78, 5) is 45.9. The lowest BCUT2D eigenvalue weighted by Crippen LogP contribution is -2.32. The molecule has 47 heavy (non-hydrogen) atoms. The molecule has 5 rings (SSSR count). The second kappa shape index (κ2) is 13.1. The number of aromatic nitrogens is 3. The normalized spacial score (nSPS) is 14.7. The number of amidine groups is 1. The lowest BCUT2D eigenvalue weighted by molar-refractivity contribution is -0.274. The van der Waals surface area contributed by atoms with Gasteiger partial charge in [-0.2, -0.15) is 23.3 Å². The fraction of sp³-hybridized carbons (Fsp3) is 0.138. The Balaban J connectivity index is 1.24. The van der Waals surface area contributed by atoms with Gasteiger partial charge < -0.3 is 4.74 Å². The van der Waals surface area contributed by atoms with Crippen molar-refractivity contribution in [1.82, 2.24) is 20.2 Å². The van der Waals surface area contributed by atoms with Gasteiger partial charge in [-0.3, -0.25) is 14.5 Å². The van der Waals surface area contributed by atoms with E-state index in [0.717, 1.165) is 47.9 Å². The van der Waals surface area contributed by atoms with Crippen molar-refractivity contribution in [2.45, 2.75) is 19.5 Å². The van der Waals surface area contributed by atoms with Crippen molar-refractivity contribution in [2.75, 3.05) is 10.7 Å². The number of benzene rings is 3. The van der Waals surface area contributed by atoms with Gasteiger partial charge >= 0.3 is 18.6 Å². The van der Waals surface area contributed by atoms with Crippen molar-refractivity contribution in [2.24, 2.45) is 10.1 Å². The summed E-state index contributed by atoms with van der Waals surface area (Å²) in [6, 6.07) is 12.9. The van der Waals surface area contributed by atoms with Crippen LogP contribution in [-0.2, 0) is 11.0 Å². The molecule has 1 aliphatic heterocycles. The molecule has 4 aromatic rings. The zero-order chi connectivity index (χ0) is 33.9. The predicted octanol–water partition coefficient (Wildman–Crippen LogP) is 6.23. The molecule has 1 fully saturated rings. The lowest BCUT2D eigenvalue weighted by Gasteiger charge is -2.20. The largest absolute Gasteiger partial charge is 0.573 e. The quantitative estimate of drug-likeness (QED) is 0.106. The number of nitrogens with zero attached hydrogens (tertiary/aromatic N) is 6. The van der Waals surface area contributed by atoms with Crippen molar-refractivity contribution < 1.29 is 45.5 Å². The summed E-state index contributed by atoms with van der Waals surface area (Å²) < 4.78 is 82.4. The SMILES string of the molecule is CC(=O)c1ccc(C(F)(F)F)cc1N1C(=O)CSC1=NC(=O)N/N=C/c1ccc(-c2ncn(-c3ccc(OC(F)(F)F)cc3)n2)cc1. The molecule has 3 amide bonds. The molecule has 0 saturated carbocycles. The number of urea groups is 1. The van der Waals surface area contributed by atoms with Crippen molar-refractivity contribution in [1.29, 1.82) is 0 Å². The van der Waals surface area contributed by atoms with Crippen molar-refractivity contribution in [3.63, 3.8) is 0 Å². The number of carbonyl (C=O) groups is 3. The summed E-state index contributed by atoms with van der Waals surface area (Å²) >= 11 is 0.809. The van der Waals surface area contributed by atoms with Crippen LogP contribution in [0, 0.1) is 0 Å². The van der Waals surface area contributed by atoms with Gasteiger partial charge in [0.05, 0.1) is 28.9 Å². The minimum atomic E-state index is -4.81. The standard InChI is InChI=1S/C29H19F6N7O4S/c1-16(43)22-11-6-19(28(30,31)32)12-23(22)42-24(44)14-47-27(42)38-26(45)39-37-13-17-2-4-18(5-3-17)25-36-15-41(40-25)20-7-9-21(10-8-20)46-29(33,34)35/h2-13,15H,14H2,1H3,(H,39,45)/b37-13+,38-27?. The summed E-state index contributed by atoms with van der Waals surface area (Å²) in [5.41, 5.74) is 2.13. The Bertz CT molecular complexity index is 1890. The van der Waals surface area contributed by atoms with Gasteiger partial charge in [0.1, 0.15) is 12.1 Å². The third kappa shape index (κ3) is 8.01. The molecule has 1 N–H and O–H groups in total. The van der Waals surface area contributed by atoms with Gasteiger partial charge in [0.15, 0.2) is 16.8 Å². The first-order chi connectivity index (χ1) is 22.2. The van der Waals surface area contributed by atoms with Crippen molar-refractivity contribution in [3.05, 3.63) is 89.7 Å². The molecule has 0 bridgehead atoms. The Labute approximate surface area is 264 Å². The minimum Gasteiger partial charge on any atom is -0.406 e. The van der Waals surface area contributed by atoms with Gasteiger partial charge in [0.2, 0.25) is 5.91 Å². The monoisotopic (exact) mass is 675 g/mol. The molecule has 242 valence electrons. The van der Waals surface area contributed by atoms with Crippen LogP contribution in [0.1, 0.15) is 28.4 Å². The molecule has 11 nitrogen and oxygen atoms in total. The summed E-state index contributed by atoms with van der Waals surface area (Å²) in [6.07, 6.45) is -6.89. The van der Waals surface area contributed by atoms with Gasteiger partial charge in [-0.25, -0.2) is 19.9 Å². The highest BCUT2D eigenvalue weighted by molar-refractivity contribution is 8.15. The van der Waals surface area contributed by atoms with Crippen molar-refractivity contribution >= 4 is 46.6 Å². The zero-order valence-corrected chi connectivity index (χ0v) is 24.5. The third-order valence-electron chi connectivity index (χ3n) is 6.28. The number of halogens is 6. The number of hydrogen-bond donors (Lipinski definition) is 1. The number of carbonyl (C=O) groups excluding carboxylic acids is 3. The van der Waals surface area contributed by atoms with E-state index in [9.17, 15) is 40.7 Å². The highest BCUT2D eigenvalue weighted by Gasteiger charge is 2.36. The smallest absolute Gasteiger partial charge is 0.406 e. The molecule has 0 radical (unpaired) electrons. The average Bonchev–Trinajstić information content (AvgIpc) is 3.63. The molecular weight excluding hydrogens is 656 g/mol. The van der Waals surface area contributed by atoms with Gasteiger partial charge in [-0.1, -0.05) is 36.0 Å². The third-order valence-corrected chi connectivity index (χ3v) is 7.20. The first-order valence-corrected chi connectivity index (χ1v) is 14.1. The Morgan fingerprint density at radius 3 is 2.34 bits per heavy atom. The van der Waals surface area contributed by atoms with E-state index in [1.54, 1.807) is 24.3 Å². The topological polar surface area (TPSA) is 131 Å². The predicted molar refractivity (Wildman–Crippen MR) is 158 cm³/mol. The summed E-state index contributed by atoms with van der Waals surface area (Å²) in [5, 5.41) is 7.89. The van der Waals surface area contributed by atoms with Crippen molar-refractivity contribution in [3.8, 4) is 22.8 Å². The van der Waals surface area contributed by atoms with E-state index in [1.165, 1.54) is 29.4 Å². The molecule has 18 heteroatoms. The van der Waals surface area contributed by atoms with Crippen LogP contribution in [0.25, 0.3) is 17.1 Å². The number of ketones is 1. The summed E-state index contributed by atoms with van der Waals surface area (Å²) in [7, 11) is 0. The Morgan fingerprint density at radius 2 is 1.70 bits per heavy atom. The average molecular weight is 676 g/mol. The number of amides is 3. The minimum absolute atomic E-state index is 0.154. The molecule has 1 saturated heterocycles. The lowest BCUT2D eigenvalue weighted by atomic mass is 10.0. The highest BCUT2D eigenvalue weighted by atomic mass is 32.2. The second-order valence-electron chi connectivity index (χ2n) is 9.55. The van der Waals surface area contributed by atoms with E-state index in [2.05, 4.69) is 30.3 Å². The molecule has 0 atom stereocenters. The maximum atomic E-state index is 13.4. The fourth-order valence-corrected chi connectivity index (χ4v) is 5.04. The van der Waals surface area contributed by atoms with Crippen LogP contribution in [0.5, 0.6) is 5.75 Å². The van der Waals surface area contributed by atoms with Crippen LogP contribution in [0.3, 0.4) is 0 Å². The van der Waals surface area contributed by atoms with Gasteiger partial charge in [-0.05, 0) is 55.0 Å². The molecular formula is C29H19F6N7O4S. The van der Waals surface area contributed by atoms with Crippen LogP contribution in [-0.4, -0.2) is 56.0 Å². The fourth-order valence-electron chi connectivity index (χ4n) is 4.18.